The van der Waals surface area contributed by atoms with Gasteiger partial charge in [0, 0.05) is 18.6 Å². The molecular formula is C18H17N3O5. The number of nitro benzene ring substituents is 1. The van der Waals surface area contributed by atoms with Gasteiger partial charge in [-0.2, -0.15) is 5.10 Å². The number of benzene rings is 2. The van der Waals surface area contributed by atoms with E-state index in [1.807, 2.05) is 6.07 Å². The minimum absolute atomic E-state index is 0.00247. The first kappa shape index (κ1) is 18.8. The fourth-order valence-corrected chi connectivity index (χ4v) is 2.21. The van der Waals surface area contributed by atoms with Gasteiger partial charge in [-0.1, -0.05) is 42.5 Å². The standard InChI is InChI=1S/C18H17N3O5/c22-17(12-13-6-8-15(9-7-13)21(25)26)20-19-16(10-11-18(23)24)14-4-2-1-3-5-14/h1-9H,10-12H2,(H,20,22)(H,23,24)/b19-16-. The van der Waals surface area contributed by atoms with Crippen molar-refractivity contribution in [3.05, 3.63) is 75.8 Å². The fraction of sp³-hybridized carbons (Fsp3) is 0.167. The molecule has 0 saturated heterocycles. The van der Waals surface area contributed by atoms with E-state index in [-0.39, 0.29) is 24.9 Å². The number of hydrogen-bond acceptors (Lipinski definition) is 5. The zero-order chi connectivity index (χ0) is 18.9. The number of hydrazone groups is 1. The van der Waals surface area contributed by atoms with E-state index in [2.05, 4.69) is 10.5 Å². The molecule has 8 heteroatoms. The Morgan fingerprint density at radius 3 is 2.27 bits per heavy atom. The maximum Gasteiger partial charge on any atom is 0.303 e. The number of aliphatic carboxylic acids is 1. The van der Waals surface area contributed by atoms with Crippen LogP contribution in [-0.4, -0.2) is 27.6 Å². The van der Waals surface area contributed by atoms with Crippen LogP contribution in [0.4, 0.5) is 5.69 Å². The van der Waals surface area contributed by atoms with Gasteiger partial charge < -0.3 is 5.11 Å². The summed E-state index contributed by atoms with van der Waals surface area (Å²) >= 11 is 0. The van der Waals surface area contributed by atoms with Crippen LogP contribution in [0.2, 0.25) is 0 Å². The molecule has 2 aromatic rings. The first-order valence-corrected chi connectivity index (χ1v) is 7.81. The molecule has 0 aliphatic rings. The average Bonchev–Trinajstić information content (AvgIpc) is 2.62. The van der Waals surface area contributed by atoms with Crippen molar-refractivity contribution in [1.29, 1.82) is 0 Å². The number of rotatable bonds is 8. The number of nitro groups is 1. The Bertz CT molecular complexity index is 816. The van der Waals surface area contributed by atoms with Crippen LogP contribution in [0.25, 0.3) is 0 Å². The number of carboxylic acid groups (broad SMARTS) is 1. The summed E-state index contributed by atoms with van der Waals surface area (Å²) in [5.74, 6) is -1.35. The van der Waals surface area contributed by atoms with E-state index in [0.717, 1.165) is 5.56 Å². The number of non-ortho nitro benzene ring substituents is 1. The zero-order valence-electron chi connectivity index (χ0n) is 13.8. The molecule has 8 nitrogen and oxygen atoms in total. The van der Waals surface area contributed by atoms with Gasteiger partial charge in [-0.3, -0.25) is 19.7 Å². The summed E-state index contributed by atoms with van der Waals surface area (Å²) < 4.78 is 0. The maximum atomic E-state index is 12.0. The predicted octanol–water partition coefficient (Wildman–Crippen LogP) is 2.52. The van der Waals surface area contributed by atoms with Crippen LogP contribution in [0.3, 0.4) is 0 Å². The minimum Gasteiger partial charge on any atom is -0.481 e. The molecule has 0 spiro atoms. The Hall–Kier alpha value is -3.55. The van der Waals surface area contributed by atoms with Crippen LogP contribution < -0.4 is 5.43 Å². The summed E-state index contributed by atoms with van der Waals surface area (Å²) in [7, 11) is 0. The predicted molar refractivity (Wildman–Crippen MR) is 94.8 cm³/mol. The van der Waals surface area contributed by atoms with Crippen LogP contribution in [-0.2, 0) is 16.0 Å². The summed E-state index contributed by atoms with van der Waals surface area (Å²) in [5.41, 5.74) is 4.16. The second-order valence-electron chi connectivity index (χ2n) is 5.45. The first-order chi connectivity index (χ1) is 12.5. The molecule has 0 saturated carbocycles. The van der Waals surface area contributed by atoms with Gasteiger partial charge >= 0.3 is 5.97 Å². The lowest BCUT2D eigenvalue weighted by atomic mass is 10.1. The number of carbonyl (C=O) groups excluding carboxylic acids is 1. The van der Waals surface area contributed by atoms with Crippen LogP contribution in [0, 0.1) is 10.1 Å². The lowest BCUT2D eigenvalue weighted by molar-refractivity contribution is -0.384. The van der Waals surface area contributed by atoms with E-state index in [4.69, 9.17) is 5.11 Å². The fourth-order valence-electron chi connectivity index (χ4n) is 2.21. The van der Waals surface area contributed by atoms with Crippen molar-refractivity contribution in [2.45, 2.75) is 19.3 Å². The molecule has 0 bridgehead atoms. The van der Waals surface area contributed by atoms with Gasteiger partial charge in [0.15, 0.2) is 0 Å². The van der Waals surface area contributed by atoms with Gasteiger partial charge in [-0.05, 0) is 11.1 Å². The third-order valence-electron chi connectivity index (χ3n) is 3.51. The number of nitrogens with zero attached hydrogens (tertiary/aromatic N) is 2. The number of amides is 1. The van der Waals surface area contributed by atoms with E-state index in [0.29, 0.717) is 11.3 Å². The lowest BCUT2D eigenvalue weighted by Gasteiger charge is -2.07. The van der Waals surface area contributed by atoms with Crippen molar-refractivity contribution in [2.75, 3.05) is 0 Å². The van der Waals surface area contributed by atoms with Gasteiger partial charge in [0.05, 0.1) is 23.5 Å². The molecule has 2 N–H and O–H groups in total. The highest BCUT2D eigenvalue weighted by molar-refractivity contribution is 6.02. The van der Waals surface area contributed by atoms with Gasteiger partial charge in [0.25, 0.3) is 5.69 Å². The minimum atomic E-state index is -0.953. The van der Waals surface area contributed by atoms with E-state index < -0.39 is 16.8 Å². The second kappa shape index (κ2) is 9.07. The molecule has 0 fully saturated rings. The average molecular weight is 355 g/mol. The Labute approximate surface area is 149 Å². The molecule has 0 aliphatic heterocycles. The maximum absolute atomic E-state index is 12.0. The van der Waals surface area contributed by atoms with Crippen LogP contribution in [0.5, 0.6) is 0 Å². The molecule has 0 aromatic heterocycles. The normalized spacial score (nSPS) is 11.0. The molecule has 0 aliphatic carbocycles. The SMILES string of the molecule is O=C(O)CC/C(=N/NC(=O)Cc1ccc([N+](=O)[O-])cc1)c1ccccc1. The van der Waals surface area contributed by atoms with E-state index in [9.17, 15) is 19.7 Å². The van der Waals surface area contributed by atoms with Gasteiger partial charge in [-0.25, -0.2) is 5.43 Å². The number of carboxylic acids is 1. The van der Waals surface area contributed by atoms with Gasteiger partial charge in [-0.15, -0.1) is 0 Å². The van der Waals surface area contributed by atoms with Gasteiger partial charge in [0.2, 0.25) is 5.91 Å². The highest BCUT2D eigenvalue weighted by Crippen LogP contribution is 2.12. The molecule has 2 rings (SSSR count). The summed E-state index contributed by atoms with van der Waals surface area (Å²) in [6, 6.07) is 14.6. The van der Waals surface area contributed by atoms with Crippen molar-refractivity contribution < 1.29 is 19.6 Å². The molecule has 0 atom stereocenters. The molecule has 26 heavy (non-hydrogen) atoms. The lowest BCUT2D eigenvalue weighted by Crippen LogP contribution is -2.22. The molecule has 2 aromatic carbocycles. The summed E-state index contributed by atoms with van der Waals surface area (Å²) in [4.78, 5) is 32.9. The van der Waals surface area contributed by atoms with E-state index in [1.165, 1.54) is 24.3 Å². The highest BCUT2D eigenvalue weighted by Gasteiger charge is 2.10. The summed E-state index contributed by atoms with van der Waals surface area (Å²) in [5, 5.41) is 23.5. The van der Waals surface area contributed by atoms with E-state index >= 15 is 0 Å². The Morgan fingerprint density at radius 1 is 1.04 bits per heavy atom. The van der Waals surface area contributed by atoms with Crippen molar-refractivity contribution in [1.82, 2.24) is 5.43 Å². The molecule has 0 unspecified atom stereocenters. The van der Waals surface area contributed by atoms with Gasteiger partial charge in [0.1, 0.15) is 0 Å². The summed E-state index contributed by atoms with van der Waals surface area (Å²) in [6.07, 6.45) is 0.0750. The molecular weight excluding hydrogens is 338 g/mol. The highest BCUT2D eigenvalue weighted by atomic mass is 16.6. The molecule has 0 radical (unpaired) electrons. The quantitative estimate of drug-likeness (QED) is 0.428. The van der Waals surface area contributed by atoms with Crippen LogP contribution in [0.1, 0.15) is 24.0 Å². The Kier molecular flexibility index (Phi) is 6.55. The smallest absolute Gasteiger partial charge is 0.303 e. The second-order valence-corrected chi connectivity index (χ2v) is 5.45. The number of hydrogen-bond donors (Lipinski definition) is 2. The summed E-state index contributed by atoms with van der Waals surface area (Å²) in [6.45, 7) is 0. The first-order valence-electron chi connectivity index (χ1n) is 7.81. The Morgan fingerprint density at radius 2 is 1.69 bits per heavy atom. The Balaban J connectivity index is 2.04. The van der Waals surface area contributed by atoms with Crippen molar-refractivity contribution in [3.63, 3.8) is 0 Å². The third kappa shape index (κ3) is 5.82. The van der Waals surface area contributed by atoms with Crippen LogP contribution >= 0.6 is 0 Å². The van der Waals surface area contributed by atoms with Crippen molar-refractivity contribution >= 4 is 23.3 Å². The monoisotopic (exact) mass is 355 g/mol. The molecule has 0 heterocycles. The number of carbonyl (C=O) groups is 2. The molecule has 1 amide bonds. The largest absolute Gasteiger partial charge is 0.481 e. The number of nitrogens with one attached hydrogen (secondary N) is 1. The topological polar surface area (TPSA) is 122 Å². The zero-order valence-corrected chi connectivity index (χ0v) is 13.8. The van der Waals surface area contributed by atoms with Crippen LogP contribution in [0.15, 0.2) is 59.7 Å². The van der Waals surface area contributed by atoms with E-state index in [1.54, 1.807) is 24.3 Å². The molecule has 134 valence electrons. The third-order valence-corrected chi connectivity index (χ3v) is 3.51. The van der Waals surface area contributed by atoms with Crippen molar-refractivity contribution in [2.24, 2.45) is 5.10 Å². The van der Waals surface area contributed by atoms with Crippen molar-refractivity contribution in [3.8, 4) is 0 Å².